The first kappa shape index (κ1) is 22.9. The molecule has 174 valence electrons. The number of hydrogen-bond acceptors (Lipinski definition) is 7. The molecule has 0 aliphatic carbocycles. The second kappa shape index (κ2) is 9.28. The normalized spacial score (nSPS) is 11.3. The molecule has 0 saturated carbocycles. The lowest BCUT2D eigenvalue weighted by Gasteiger charge is -2.20. The van der Waals surface area contributed by atoms with E-state index in [0.717, 1.165) is 0 Å². The Morgan fingerprint density at radius 2 is 1.82 bits per heavy atom. The predicted octanol–water partition coefficient (Wildman–Crippen LogP) is 3.91. The Labute approximate surface area is 195 Å². The highest BCUT2D eigenvalue weighted by Gasteiger charge is 2.19. The molecule has 3 N–H and O–H groups in total. The summed E-state index contributed by atoms with van der Waals surface area (Å²) in [6.45, 7) is 5.22. The third-order valence-corrected chi connectivity index (χ3v) is 4.70. The van der Waals surface area contributed by atoms with E-state index in [1.54, 1.807) is 55.7 Å². The fourth-order valence-electron chi connectivity index (χ4n) is 3.30. The number of carbonyl (C=O) groups excluding carboxylic acids is 2. The van der Waals surface area contributed by atoms with E-state index in [0.29, 0.717) is 28.0 Å². The summed E-state index contributed by atoms with van der Waals surface area (Å²) in [4.78, 5) is 37.3. The van der Waals surface area contributed by atoms with E-state index in [-0.39, 0.29) is 18.1 Å². The van der Waals surface area contributed by atoms with Gasteiger partial charge in [0.2, 0.25) is 5.95 Å². The summed E-state index contributed by atoms with van der Waals surface area (Å²) < 4.78 is 7.08. The molecule has 10 heteroatoms. The zero-order chi connectivity index (χ0) is 24.3. The fourth-order valence-corrected chi connectivity index (χ4v) is 3.30. The van der Waals surface area contributed by atoms with Crippen LogP contribution in [0.4, 0.5) is 16.4 Å². The highest BCUT2D eigenvalue weighted by Crippen LogP contribution is 2.28. The lowest BCUT2D eigenvalue weighted by molar-refractivity contribution is 0.0635. The molecule has 34 heavy (non-hydrogen) atoms. The summed E-state index contributed by atoms with van der Waals surface area (Å²) in [5, 5.41) is 15.0. The quantitative estimate of drug-likeness (QED) is 0.411. The number of imidazole rings is 1. The largest absolute Gasteiger partial charge is 0.444 e. The van der Waals surface area contributed by atoms with Crippen molar-refractivity contribution in [3.8, 4) is 5.69 Å². The van der Waals surface area contributed by atoms with Crippen molar-refractivity contribution in [2.45, 2.75) is 33.0 Å². The van der Waals surface area contributed by atoms with Crippen molar-refractivity contribution in [3.63, 3.8) is 0 Å². The van der Waals surface area contributed by atoms with E-state index < -0.39 is 17.6 Å². The van der Waals surface area contributed by atoms with Crippen LogP contribution in [0.2, 0.25) is 0 Å². The zero-order valence-corrected chi connectivity index (χ0v) is 18.9. The second-order valence-corrected chi connectivity index (χ2v) is 8.51. The maximum atomic E-state index is 12.8. The van der Waals surface area contributed by atoms with Gasteiger partial charge < -0.3 is 9.84 Å². The fraction of sp³-hybridized carbons (Fsp3) is 0.208. The van der Waals surface area contributed by atoms with Crippen molar-refractivity contribution < 1.29 is 19.4 Å². The van der Waals surface area contributed by atoms with Crippen LogP contribution in [0.25, 0.3) is 16.7 Å². The monoisotopic (exact) mass is 460 g/mol. The van der Waals surface area contributed by atoms with Crippen LogP contribution in [0, 0.1) is 0 Å². The van der Waals surface area contributed by atoms with Gasteiger partial charge in [-0.15, -0.1) is 0 Å². The Bertz CT molecular complexity index is 1340. The van der Waals surface area contributed by atoms with E-state index in [4.69, 9.17) is 4.74 Å². The number of nitrogens with one attached hydrogen (secondary N) is 2. The van der Waals surface area contributed by atoms with E-state index in [1.807, 2.05) is 12.1 Å². The van der Waals surface area contributed by atoms with Crippen LogP contribution in [-0.4, -0.2) is 42.2 Å². The molecule has 10 nitrogen and oxygen atoms in total. The van der Waals surface area contributed by atoms with Crippen LogP contribution >= 0.6 is 0 Å². The van der Waals surface area contributed by atoms with Crippen molar-refractivity contribution in [1.82, 2.24) is 19.5 Å². The standard InChI is InChI=1S/C24H24N6O4/c1-24(2,3)34-23(33)27-17-5-4-6-18(10-17)30-20-8-7-15(13-31)9-19(20)28-22(30)29-21(32)16-11-25-14-26-12-16/h4-12,14,31H,13H2,1-3H3,(H,27,33)(H,28,29,32). The lowest BCUT2D eigenvalue weighted by atomic mass is 10.2. The maximum Gasteiger partial charge on any atom is 0.412 e. The molecule has 0 unspecified atom stereocenters. The minimum atomic E-state index is -0.634. The number of fused-ring (bicyclic) bond motifs is 1. The zero-order valence-electron chi connectivity index (χ0n) is 18.9. The van der Waals surface area contributed by atoms with Gasteiger partial charge in [-0.3, -0.25) is 20.0 Å². The van der Waals surface area contributed by atoms with Crippen LogP contribution in [0.1, 0.15) is 36.7 Å². The highest BCUT2D eigenvalue weighted by atomic mass is 16.6. The molecule has 0 spiro atoms. The molecule has 0 radical (unpaired) electrons. The van der Waals surface area contributed by atoms with Crippen LogP contribution < -0.4 is 10.6 Å². The van der Waals surface area contributed by atoms with Crippen LogP contribution in [0.15, 0.2) is 61.2 Å². The summed E-state index contributed by atoms with van der Waals surface area (Å²) in [5.74, 6) is -0.170. The smallest absolute Gasteiger partial charge is 0.412 e. The molecule has 0 saturated heterocycles. The third kappa shape index (κ3) is 5.18. The first-order chi connectivity index (χ1) is 16.2. The summed E-state index contributed by atoms with van der Waals surface area (Å²) in [6.07, 6.45) is 3.58. The van der Waals surface area contributed by atoms with Gasteiger partial charge in [0, 0.05) is 18.1 Å². The van der Waals surface area contributed by atoms with E-state index in [2.05, 4.69) is 25.6 Å². The van der Waals surface area contributed by atoms with E-state index in [1.165, 1.54) is 18.7 Å². The average molecular weight is 460 g/mol. The maximum absolute atomic E-state index is 12.8. The van der Waals surface area contributed by atoms with Gasteiger partial charge in [-0.05, 0) is 56.7 Å². The Balaban J connectivity index is 1.74. The number of amides is 2. The summed E-state index contributed by atoms with van der Waals surface area (Å²) in [5.41, 5.74) is 2.76. The molecule has 2 amide bonds. The molecular weight excluding hydrogens is 436 g/mol. The summed E-state index contributed by atoms with van der Waals surface area (Å²) in [6, 6.07) is 12.4. The number of aliphatic hydroxyl groups excluding tert-OH is 1. The lowest BCUT2D eigenvalue weighted by Crippen LogP contribution is -2.27. The molecule has 4 rings (SSSR count). The van der Waals surface area contributed by atoms with E-state index >= 15 is 0 Å². The van der Waals surface area contributed by atoms with Crippen molar-refractivity contribution >= 4 is 34.7 Å². The molecule has 2 aromatic heterocycles. The van der Waals surface area contributed by atoms with Gasteiger partial charge in [-0.25, -0.2) is 19.7 Å². The Morgan fingerprint density at radius 3 is 2.53 bits per heavy atom. The molecule has 4 aromatic rings. The molecular formula is C24H24N6O4. The van der Waals surface area contributed by atoms with Crippen molar-refractivity contribution in [2.75, 3.05) is 10.6 Å². The molecule has 0 aliphatic rings. The van der Waals surface area contributed by atoms with Gasteiger partial charge in [0.15, 0.2) is 0 Å². The van der Waals surface area contributed by atoms with E-state index in [9.17, 15) is 14.7 Å². The summed E-state index contributed by atoms with van der Waals surface area (Å²) >= 11 is 0. The Hall–Kier alpha value is -4.31. The highest BCUT2D eigenvalue weighted by molar-refractivity contribution is 6.04. The van der Waals surface area contributed by atoms with Crippen LogP contribution in [0.3, 0.4) is 0 Å². The molecule has 0 aliphatic heterocycles. The number of anilines is 2. The number of aromatic nitrogens is 4. The topological polar surface area (TPSA) is 131 Å². The SMILES string of the molecule is CC(C)(C)OC(=O)Nc1cccc(-n2c(NC(=O)c3cncnc3)nc3cc(CO)ccc32)c1. The van der Waals surface area contributed by atoms with Crippen LogP contribution in [0.5, 0.6) is 0 Å². The molecule has 0 atom stereocenters. The minimum Gasteiger partial charge on any atom is -0.444 e. The van der Waals surface area contributed by atoms with Gasteiger partial charge >= 0.3 is 6.09 Å². The Kier molecular flexibility index (Phi) is 6.24. The first-order valence-corrected chi connectivity index (χ1v) is 10.5. The van der Waals surface area contributed by atoms with Crippen LogP contribution in [-0.2, 0) is 11.3 Å². The first-order valence-electron chi connectivity index (χ1n) is 10.5. The average Bonchev–Trinajstić information content (AvgIpc) is 3.15. The number of benzene rings is 2. The third-order valence-electron chi connectivity index (χ3n) is 4.70. The van der Waals surface area contributed by atoms with Crippen molar-refractivity contribution in [2.24, 2.45) is 0 Å². The number of nitrogens with zero attached hydrogens (tertiary/aromatic N) is 4. The molecule has 2 aromatic carbocycles. The summed E-state index contributed by atoms with van der Waals surface area (Å²) in [7, 11) is 0. The van der Waals surface area contributed by atoms with Crippen molar-refractivity contribution in [3.05, 3.63) is 72.3 Å². The van der Waals surface area contributed by atoms with Gasteiger partial charge in [-0.1, -0.05) is 12.1 Å². The number of rotatable bonds is 5. The van der Waals surface area contributed by atoms with Gasteiger partial charge in [0.1, 0.15) is 11.9 Å². The minimum absolute atomic E-state index is 0.138. The molecule has 0 fully saturated rings. The number of ether oxygens (including phenoxy) is 1. The Morgan fingerprint density at radius 1 is 1.06 bits per heavy atom. The molecule has 0 bridgehead atoms. The number of carbonyl (C=O) groups is 2. The molecule has 2 heterocycles. The van der Waals surface area contributed by atoms with Gasteiger partial charge in [-0.2, -0.15) is 0 Å². The predicted molar refractivity (Wildman–Crippen MR) is 127 cm³/mol. The van der Waals surface area contributed by atoms with Crippen molar-refractivity contribution in [1.29, 1.82) is 0 Å². The number of hydrogen-bond donors (Lipinski definition) is 3. The number of aliphatic hydroxyl groups is 1. The second-order valence-electron chi connectivity index (χ2n) is 8.51. The van der Waals surface area contributed by atoms with Gasteiger partial charge in [0.05, 0.1) is 28.9 Å². The van der Waals surface area contributed by atoms with Gasteiger partial charge in [0.25, 0.3) is 5.91 Å².